The van der Waals surface area contributed by atoms with Crippen LogP contribution in [0.5, 0.6) is 0 Å². The molecule has 0 unspecified atom stereocenters. The van der Waals surface area contributed by atoms with Gasteiger partial charge in [-0.15, -0.1) is 0 Å². The Hall–Kier alpha value is -3.15. The number of fused-ring (bicyclic) bond motifs is 1. The van der Waals surface area contributed by atoms with Crippen LogP contribution in [0.1, 0.15) is 49.1 Å². The lowest BCUT2D eigenvalue weighted by atomic mass is 9.89. The standard InChI is InChI=1S/C25H30N4O2/c1-17-9-8-10-18(2)24(17)28-23(30)16-29-21-14-7-6-13-20(21)27-22(29)15-26-25(31)19-11-4-3-5-12-19/h6-10,13-14,19H,3-5,11-12,15-16H2,1-2H3,(H,26,31)(H,28,30). The maximum atomic E-state index is 12.9. The van der Waals surface area contributed by atoms with E-state index < -0.39 is 0 Å². The lowest BCUT2D eigenvalue weighted by Crippen LogP contribution is -2.32. The summed E-state index contributed by atoms with van der Waals surface area (Å²) >= 11 is 0. The Morgan fingerprint density at radius 3 is 2.45 bits per heavy atom. The van der Waals surface area contributed by atoms with Crippen molar-refractivity contribution in [3.63, 3.8) is 0 Å². The van der Waals surface area contributed by atoms with Crippen LogP contribution in [0.3, 0.4) is 0 Å². The van der Waals surface area contributed by atoms with E-state index in [4.69, 9.17) is 4.98 Å². The molecule has 1 heterocycles. The highest BCUT2D eigenvalue weighted by Crippen LogP contribution is 2.24. The Morgan fingerprint density at radius 2 is 1.71 bits per heavy atom. The molecule has 0 aliphatic heterocycles. The Morgan fingerprint density at radius 1 is 1.00 bits per heavy atom. The number of aryl methyl sites for hydroxylation is 2. The van der Waals surface area contributed by atoms with Crippen molar-refractivity contribution < 1.29 is 9.59 Å². The number of hydrogen-bond acceptors (Lipinski definition) is 3. The fourth-order valence-corrected chi connectivity index (χ4v) is 4.45. The fourth-order valence-electron chi connectivity index (χ4n) is 4.45. The van der Waals surface area contributed by atoms with Gasteiger partial charge in [0, 0.05) is 11.6 Å². The van der Waals surface area contributed by atoms with Crippen LogP contribution >= 0.6 is 0 Å². The Labute approximate surface area is 183 Å². The van der Waals surface area contributed by atoms with Gasteiger partial charge >= 0.3 is 0 Å². The molecule has 0 spiro atoms. The first-order chi connectivity index (χ1) is 15.0. The molecule has 3 aromatic rings. The van der Waals surface area contributed by atoms with Crippen LogP contribution in [-0.2, 0) is 22.7 Å². The van der Waals surface area contributed by atoms with E-state index in [0.717, 1.165) is 53.5 Å². The number of nitrogens with zero attached hydrogens (tertiary/aromatic N) is 2. The molecule has 1 saturated carbocycles. The van der Waals surface area contributed by atoms with E-state index >= 15 is 0 Å². The molecular weight excluding hydrogens is 388 g/mol. The van der Waals surface area contributed by atoms with Crippen LogP contribution in [-0.4, -0.2) is 21.4 Å². The summed E-state index contributed by atoms with van der Waals surface area (Å²) in [5.41, 5.74) is 4.63. The van der Waals surface area contributed by atoms with Crippen molar-refractivity contribution in [3.8, 4) is 0 Å². The first-order valence-corrected chi connectivity index (χ1v) is 11.1. The van der Waals surface area contributed by atoms with Crippen LogP contribution in [0.25, 0.3) is 11.0 Å². The minimum atomic E-state index is -0.111. The van der Waals surface area contributed by atoms with E-state index in [2.05, 4.69) is 10.6 Å². The second-order valence-corrected chi connectivity index (χ2v) is 8.47. The summed E-state index contributed by atoms with van der Waals surface area (Å²) in [6, 6.07) is 13.7. The van der Waals surface area contributed by atoms with E-state index in [9.17, 15) is 9.59 Å². The van der Waals surface area contributed by atoms with Crippen LogP contribution < -0.4 is 10.6 Å². The summed E-state index contributed by atoms with van der Waals surface area (Å²) < 4.78 is 1.90. The Balaban J connectivity index is 1.52. The molecule has 1 fully saturated rings. The fraction of sp³-hybridized carbons (Fsp3) is 0.400. The Bertz CT molecular complexity index is 1080. The SMILES string of the molecule is Cc1cccc(C)c1NC(=O)Cn1c(CNC(=O)C2CCCCC2)nc2ccccc21. The lowest BCUT2D eigenvalue weighted by molar-refractivity contribution is -0.126. The van der Waals surface area contributed by atoms with Gasteiger partial charge in [0.25, 0.3) is 0 Å². The highest BCUT2D eigenvalue weighted by atomic mass is 16.2. The Kier molecular flexibility index (Phi) is 6.35. The van der Waals surface area contributed by atoms with Crippen molar-refractivity contribution in [2.75, 3.05) is 5.32 Å². The first kappa shape index (κ1) is 21.1. The minimum Gasteiger partial charge on any atom is -0.349 e. The number of hydrogen-bond donors (Lipinski definition) is 2. The molecule has 0 saturated heterocycles. The number of imidazole rings is 1. The van der Waals surface area contributed by atoms with E-state index in [1.54, 1.807) is 0 Å². The van der Waals surface area contributed by atoms with Crippen molar-refractivity contribution in [1.82, 2.24) is 14.9 Å². The van der Waals surface area contributed by atoms with E-state index in [1.807, 2.05) is 60.9 Å². The molecule has 1 aromatic heterocycles. The molecular formula is C25H30N4O2. The number of amides is 2. The zero-order valence-corrected chi connectivity index (χ0v) is 18.3. The third-order valence-corrected chi connectivity index (χ3v) is 6.18. The summed E-state index contributed by atoms with van der Waals surface area (Å²) in [7, 11) is 0. The lowest BCUT2D eigenvalue weighted by Gasteiger charge is -2.20. The average Bonchev–Trinajstić information content (AvgIpc) is 3.12. The first-order valence-electron chi connectivity index (χ1n) is 11.1. The zero-order chi connectivity index (χ0) is 21.8. The molecule has 0 radical (unpaired) electrons. The molecule has 2 aromatic carbocycles. The van der Waals surface area contributed by atoms with Gasteiger partial charge in [-0.2, -0.15) is 0 Å². The summed E-state index contributed by atoms with van der Waals surface area (Å²) in [5, 5.41) is 6.11. The smallest absolute Gasteiger partial charge is 0.244 e. The van der Waals surface area contributed by atoms with Gasteiger partial charge in [0.2, 0.25) is 11.8 Å². The number of rotatable bonds is 6. The highest BCUT2D eigenvalue weighted by Gasteiger charge is 2.22. The predicted molar refractivity (Wildman–Crippen MR) is 123 cm³/mol. The molecule has 6 nitrogen and oxygen atoms in total. The van der Waals surface area contributed by atoms with Gasteiger partial charge in [0.1, 0.15) is 12.4 Å². The van der Waals surface area contributed by atoms with E-state index in [-0.39, 0.29) is 24.3 Å². The predicted octanol–water partition coefficient (Wildman–Crippen LogP) is 4.49. The second kappa shape index (κ2) is 9.33. The van der Waals surface area contributed by atoms with Crippen molar-refractivity contribution >= 4 is 28.5 Å². The third kappa shape index (κ3) is 4.79. The van der Waals surface area contributed by atoms with Gasteiger partial charge in [-0.1, -0.05) is 49.6 Å². The average molecular weight is 419 g/mol. The third-order valence-electron chi connectivity index (χ3n) is 6.18. The van der Waals surface area contributed by atoms with Gasteiger partial charge in [0.15, 0.2) is 0 Å². The number of benzene rings is 2. The van der Waals surface area contributed by atoms with Crippen LogP contribution in [0.15, 0.2) is 42.5 Å². The van der Waals surface area contributed by atoms with Gasteiger partial charge in [-0.25, -0.2) is 4.98 Å². The second-order valence-electron chi connectivity index (χ2n) is 8.47. The molecule has 6 heteroatoms. The largest absolute Gasteiger partial charge is 0.349 e. The van der Waals surface area contributed by atoms with E-state index in [1.165, 1.54) is 6.42 Å². The maximum absolute atomic E-state index is 12.9. The molecule has 162 valence electrons. The number of carbonyl (C=O) groups is 2. The quantitative estimate of drug-likeness (QED) is 0.619. The van der Waals surface area contributed by atoms with Crippen LogP contribution in [0, 0.1) is 19.8 Å². The molecule has 0 atom stereocenters. The van der Waals surface area contributed by atoms with Crippen molar-refractivity contribution in [3.05, 3.63) is 59.4 Å². The maximum Gasteiger partial charge on any atom is 0.244 e. The number of para-hydroxylation sites is 3. The number of anilines is 1. The summed E-state index contributed by atoms with van der Waals surface area (Å²) in [6.07, 6.45) is 5.38. The van der Waals surface area contributed by atoms with Gasteiger partial charge in [-0.05, 0) is 49.9 Å². The summed E-state index contributed by atoms with van der Waals surface area (Å²) in [4.78, 5) is 30.2. The van der Waals surface area contributed by atoms with E-state index in [0.29, 0.717) is 12.4 Å². The topological polar surface area (TPSA) is 76.0 Å². The van der Waals surface area contributed by atoms with Crippen molar-refractivity contribution in [2.45, 2.75) is 59.0 Å². The molecule has 4 rings (SSSR count). The normalized spacial score (nSPS) is 14.5. The summed E-state index contributed by atoms with van der Waals surface area (Å²) in [6.45, 7) is 4.44. The summed E-state index contributed by atoms with van der Waals surface area (Å²) in [5.74, 6) is 0.777. The molecule has 2 amide bonds. The molecule has 31 heavy (non-hydrogen) atoms. The van der Waals surface area contributed by atoms with Crippen molar-refractivity contribution in [1.29, 1.82) is 0 Å². The van der Waals surface area contributed by atoms with Gasteiger partial charge < -0.3 is 15.2 Å². The van der Waals surface area contributed by atoms with Gasteiger partial charge in [0.05, 0.1) is 17.6 Å². The molecule has 2 N–H and O–H groups in total. The number of carbonyl (C=O) groups excluding carboxylic acids is 2. The highest BCUT2D eigenvalue weighted by molar-refractivity contribution is 5.93. The molecule has 1 aliphatic rings. The van der Waals surface area contributed by atoms with Crippen LogP contribution in [0.2, 0.25) is 0 Å². The zero-order valence-electron chi connectivity index (χ0n) is 18.3. The van der Waals surface area contributed by atoms with Gasteiger partial charge in [-0.3, -0.25) is 9.59 Å². The number of aromatic nitrogens is 2. The molecule has 0 bridgehead atoms. The van der Waals surface area contributed by atoms with Crippen LogP contribution in [0.4, 0.5) is 5.69 Å². The monoisotopic (exact) mass is 418 g/mol. The minimum absolute atomic E-state index is 0.0956. The van der Waals surface area contributed by atoms with Crippen molar-refractivity contribution in [2.24, 2.45) is 5.92 Å². The number of nitrogens with one attached hydrogen (secondary N) is 2. The molecule has 1 aliphatic carbocycles.